The van der Waals surface area contributed by atoms with Gasteiger partial charge in [-0.25, -0.2) is 0 Å². The Labute approximate surface area is 132 Å². The number of likely N-dealkylation sites (tertiary alicyclic amines) is 1. The zero-order valence-corrected chi connectivity index (χ0v) is 13.7. The highest BCUT2D eigenvalue weighted by Crippen LogP contribution is 2.25. The third-order valence-corrected chi connectivity index (χ3v) is 4.62. The fourth-order valence-corrected chi connectivity index (χ4v) is 3.11. The van der Waals surface area contributed by atoms with Crippen molar-refractivity contribution in [3.63, 3.8) is 0 Å². The normalized spacial score (nSPS) is 19.7. The fourth-order valence-electron chi connectivity index (χ4n) is 3.11. The largest absolute Gasteiger partial charge is 0.338 e. The quantitative estimate of drug-likeness (QED) is 0.858. The number of rotatable bonds is 4. The standard InChI is InChI=1S/C18H25N3O/c1-13(2)16-5-4-10-21(11-16)12-17-19-18(20-22-17)15-8-6-14(3)7-9-15/h6-9,13,16H,4-5,10-12H2,1-3H3/t16-/m0/s1. The second kappa shape index (κ2) is 6.61. The van der Waals surface area contributed by atoms with E-state index in [2.05, 4.69) is 47.9 Å². The van der Waals surface area contributed by atoms with Gasteiger partial charge in [0.05, 0.1) is 6.54 Å². The molecule has 0 spiro atoms. The van der Waals surface area contributed by atoms with Crippen LogP contribution in [0.2, 0.25) is 0 Å². The molecule has 0 saturated carbocycles. The number of piperidine rings is 1. The Hall–Kier alpha value is -1.68. The van der Waals surface area contributed by atoms with Crippen LogP contribution in [-0.4, -0.2) is 28.1 Å². The van der Waals surface area contributed by atoms with Crippen LogP contribution in [0.4, 0.5) is 0 Å². The molecular weight excluding hydrogens is 274 g/mol. The molecule has 1 aliphatic heterocycles. The highest BCUT2D eigenvalue weighted by atomic mass is 16.5. The predicted octanol–water partition coefficient (Wildman–Crippen LogP) is 3.91. The molecule has 118 valence electrons. The third-order valence-electron chi connectivity index (χ3n) is 4.62. The van der Waals surface area contributed by atoms with Gasteiger partial charge in [0.25, 0.3) is 0 Å². The van der Waals surface area contributed by atoms with Crippen molar-refractivity contribution in [2.24, 2.45) is 11.8 Å². The van der Waals surface area contributed by atoms with Gasteiger partial charge in [-0.05, 0) is 38.1 Å². The molecule has 1 aliphatic rings. The zero-order valence-electron chi connectivity index (χ0n) is 13.7. The lowest BCUT2D eigenvalue weighted by molar-refractivity contribution is 0.126. The lowest BCUT2D eigenvalue weighted by Crippen LogP contribution is -2.36. The summed E-state index contributed by atoms with van der Waals surface area (Å²) < 4.78 is 5.44. The predicted molar refractivity (Wildman–Crippen MR) is 87.3 cm³/mol. The number of hydrogen-bond acceptors (Lipinski definition) is 4. The molecule has 0 unspecified atom stereocenters. The summed E-state index contributed by atoms with van der Waals surface area (Å²) in [6.45, 7) is 9.74. The monoisotopic (exact) mass is 299 g/mol. The average molecular weight is 299 g/mol. The second-order valence-electron chi connectivity index (χ2n) is 6.76. The van der Waals surface area contributed by atoms with Crippen LogP contribution in [0.3, 0.4) is 0 Å². The molecule has 1 aromatic heterocycles. The number of benzene rings is 1. The number of nitrogens with zero attached hydrogens (tertiary/aromatic N) is 3. The fraction of sp³-hybridized carbons (Fsp3) is 0.556. The number of hydrogen-bond donors (Lipinski definition) is 0. The number of aromatic nitrogens is 2. The van der Waals surface area contributed by atoms with Crippen molar-refractivity contribution in [2.45, 2.75) is 40.2 Å². The van der Waals surface area contributed by atoms with Gasteiger partial charge in [0.1, 0.15) is 0 Å². The first-order chi connectivity index (χ1) is 10.6. The smallest absolute Gasteiger partial charge is 0.241 e. The van der Waals surface area contributed by atoms with Gasteiger partial charge in [0, 0.05) is 12.1 Å². The highest BCUT2D eigenvalue weighted by molar-refractivity contribution is 5.54. The van der Waals surface area contributed by atoms with Crippen LogP contribution in [-0.2, 0) is 6.54 Å². The lowest BCUT2D eigenvalue weighted by Gasteiger charge is -2.33. The number of aryl methyl sites for hydroxylation is 1. The topological polar surface area (TPSA) is 42.2 Å². The second-order valence-corrected chi connectivity index (χ2v) is 6.76. The van der Waals surface area contributed by atoms with E-state index < -0.39 is 0 Å². The van der Waals surface area contributed by atoms with E-state index in [1.165, 1.54) is 18.4 Å². The molecular formula is C18H25N3O. The van der Waals surface area contributed by atoms with Crippen molar-refractivity contribution in [3.8, 4) is 11.4 Å². The first kappa shape index (κ1) is 15.2. The molecule has 1 saturated heterocycles. The van der Waals surface area contributed by atoms with Crippen LogP contribution in [0.1, 0.15) is 38.1 Å². The van der Waals surface area contributed by atoms with Crippen molar-refractivity contribution in [1.29, 1.82) is 0 Å². The first-order valence-corrected chi connectivity index (χ1v) is 8.24. The van der Waals surface area contributed by atoms with Crippen LogP contribution in [0, 0.1) is 18.8 Å². The van der Waals surface area contributed by atoms with E-state index in [9.17, 15) is 0 Å². The van der Waals surface area contributed by atoms with Crippen LogP contribution >= 0.6 is 0 Å². The molecule has 1 atom stereocenters. The Morgan fingerprint density at radius 2 is 2.05 bits per heavy atom. The van der Waals surface area contributed by atoms with E-state index in [0.717, 1.165) is 42.9 Å². The van der Waals surface area contributed by atoms with Crippen molar-refractivity contribution < 1.29 is 4.52 Å². The van der Waals surface area contributed by atoms with E-state index in [4.69, 9.17) is 4.52 Å². The van der Waals surface area contributed by atoms with Gasteiger partial charge in [0.2, 0.25) is 11.7 Å². The lowest BCUT2D eigenvalue weighted by atomic mass is 9.88. The molecule has 0 aliphatic carbocycles. The van der Waals surface area contributed by atoms with Gasteiger partial charge < -0.3 is 4.52 Å². The Balaban J connectivity index is 1.65. The van der Waals surface area contributed by atoms with Crippen molar-refractivity contribution in [3.05, 3.63) is 35.7 Å². The summed E-state index contributed by atoms with van der Waals surface area (Å²) in [5, 5.41) is 4.12. The maximum atomic E-state index is 5.44. The van der Waals surface area contributed by atoms with Crippen LogP contribution in [0.25, 0.3) is 11.4 Å². The summed E-state index contributed by atoms with van der Waals surface area (Å²) in [5.74, 6) is 2.94. The van der Waals surface area contributed by atoms with Crippen molar-refractivity contribution in [2.75, 3.05) is 13.1 Å². The Morgan fingerprint density at radius 1 is 1.27 bits per heavy atom. The third kappa shape index (κ3) is 3.55. The van der Waals surface area contributed by atoms with E-state index in [0.29, 0.717) is 5.82 Å². The molecule has 1 fully saturated rings. The average Bonchev–Trinajstić information content (AvgIpc) is 2.96. The minimum Gasteiger partial charge on any atom is -0.338 e. The summed E-state index contributed by atoms with van der Waals surface area (Å²) in [6, 6.07) is 8.23. The summed E-state index contributed by atoms with van der Waals surface area (Å²) in [5.41, 5.74) is 2.25. The minimum absolute atomic E-state index is 0.687. The summed E-state index contributed by atoms with van der Waals surface area (Å²) in [6.07, 6.45) is 2.61. The Bertz CT molecular complexity index is 603. The van der Waals surface area contributed by atoms with Gasteiger partial charge in [0.15, 0.2) is 0 Å². The maximum Gasteiger partial charge on any atom is 0.241 e. The van der Waals surface area contributed by atoms with E-state index in [-0.39, 0.29) is 0 Å². The van der Waals surface area contributed by atoms with Gasteiger partial charge in [-0.2, -0.15) is 4.98 Å². The SMILES string of the molecule is Cc1ccc(-c2noc(CN3CCC[C@H](C(C)C)C3)n2)cc1. The summed E-state index contributed by atoms with van der Waals surface area (Å²) >= 11 is 0. The van der Waals surface area contributed by atoms with Gasteiger partial charge in [-0.15, -0.1) is 0 Å². The minimum atomic E-state index is 0.687. The van der Waals surface area contributed by atoms with Crippen LogP contribution < -0.4 is 0 Å². The molecule has 2 heterocycles. The molecule has 22 heavy (non-hydrogen) atoms. The Kier molecular flexibility index (Phi) is 4.57. The zero-order chi connectivity index (χ0) is 15.5. The molecule has 4 heteroatoms. The summed E-state index contributed by atoms with van der Waals surface area (Å²) in [4.78, 5) is 7.00. The molecule has 0 bridgehead atoms. The molecule has 0 N–H and O–H groups in total. The molecule has 2 aromatic rings. The van der Waals surface area contributed by atoms with E-state index in [1.807, 2.05) is 12.1 Å². The van der Waals surface area contributed by atoms with Gasteiger partial charge in [-0.1, -0.05) is 48.8 Å². The van der Waals surface area contributed by atoms with E-state index in [1.54, 1.807) is 0 Å². The Morgan fingerprint density at radius 3 is 2.77 bits per heavy atom. The van der Waals surface area contributed by atoms with Crippen molar-refractivity contribution >= 4 is 0 Å². The highest BCUT2D eigenvalue weighted by Gasteiger charge is 2.23. The molecule has 3 rings (SSSR count). The first-order valence-electron chi connectivity index (χ1n) is 8.24. The summed E-state index contributed by atoms with van der Waals surface area (Å²) in [7, 11) is 0. The molecule has 0 radical (unpaired) electrons. The molecule has 1 aromatic carbocycles. The van der Waals surface area contributed by atoms with Crippen LogP contribution in [0.15, 0.2) is 28.8 Å². The molecule has 4 nitrogen and oxygen atoms in total. The van der Waals surface area contributed by atoms with E-state index >= 15 is 0 Å². The van der Waals surface area contributed by atoms with Gasteiger partial charge >= 0.3 is 0 Å². The molecule has 0 amide bonds. The van der Waals surface area contributed by atoms with Crippen molar-refractivity contribution in [1.82, 2.24) is 15.0 Å². The van der Waals surface area contributed by atoms with Crippen LogP contribution in [0.5, 0.6) is 0 Å². The van der Waals surface area contributed by atoms with Gasteiger partial charge in [-0.3, -0.25) is 4.90 Å². The maximum absolute atomic E-state index is 5.44.